The van der Waals surface area contributed by atoms with Crippen LogP contribution in [0.2, 0.25) is 0 Å². The van der Waals surface area contributed by atoms with E-state index in [0.717, 1.165) is 0 Å². The number of benzene rings is 1. The van der Waals surface area contributed by atoms with Crippen LogP contribution in [0.15, 0.2) is 28.8 Å². The first kappa shape index (κ1) is 14.2. The van der Waals surface area contributed by atoms with E-state index in [0.29, 0.717) is 34.5 Å². The maximum atomic E-state index is 10.8. The van der Waals surface area contributed by atoms with Crippen molar-refractivity contribution in [2.45, 2.75) is 13.5 Å². The largest absolute Gasteiger partial charge is 0.454 e. The second-order valence-electron chi connectivity index (χ2n) is 5.12. The predicted molar refractivity (Wildman–Crippen MR) is 78.6 cm³/mol. The zero-order valence-corrected chi connectivity index (χ0v) is 12.5. The maximum Gasteiger partial charge on any atom is 0.309 e. The van der Waals surface area contributed by atoms with Crippen LogP contribution in [0.5, 0.6) is 11.5 Å². The van der Waals surface area contributed by atoms with Crippen molar-refractivity contribution in [3.05, 3.63) is 46.1 Å². The molecule has 2 aromatic heterocycles. The quantitative estimate of drug-likeness (QED) is 0.526. The van der Waals surface area contributed by atoms with Gasteiger partial charge in [0.2, 0.25) is 18.6 Å². The molecule has 0 N–H and O–H groups in total. The van der Waals surface area contributed by atoms with Crippen LogP contribution in [0.25, 0.3) is 11.5 Å². The topological polar surface area (TPSA) is 118 Å². The van der Waals surface area contributed by atoms with Gasteiger partial charge in [-0.1, -0.05) is 0 Å². The summed E-state index contributed by atoms with van der Waals surface area (Å²) in [4.78, 5) is 10.4. The number of hydrogen-bond acceptors (Lipinski definition) is 8. The lowest BCUT2D eigenvalue weighted by atomic mass is 10.2. The smallest absolute Gasteiger partial charge is 0.309 e. The number of rotatable bonds is 4. The Kier molecular flexibility index (Phi) is 3.15. The van der Waals surface area contributed by atoms with Crippen LogP contribution in [-0.4, -0.2) is 31.7 Å². The number of nitro groups is 1. The van der Waals surface area contributed by atoms with Gasteiger partial charge in [0.25, 0.3) is 0 Å². The Balaban J connectivity index is 1.57. The van der Waals surface area contributed by atoms with E-state index in [4.69, 9.17) is 13.9 Å². The van der Waals surface area contributed by atoms with Crippen molar-refractivity contribution in [2.75, 3.05) is 6.79 Å². The fraction of sp³-hybridized carbons (Fsp3) is 0.214. The van der Waals surface area contributed by atoms with Gasteiger partial charge in [-0.05, 0) is 25.1 Å². The van der Waals surface area contributed by atoms with Gasteiger partial charge >= 0.3 is 5.69 Å². The molecule has 1 aromatic carbocycles. The molecule has 1 aliphatic rings. The van der Waals surface area contributed by atoms with E-state index in [2.05, 4.69) is 15.3 Å². The maximum absolute atomic E-state index is 10.8. The monoisotopic (exact) mass is 329 g/mol. The first-order valence-electron chi connectivity index (χ1n) is 7.01. The van der Waals surface area contributed by atoms with Crippen LogP contribution in [0.1, 0.15) is 11.6 Å². The minimum Gasteiger partial charge on any atom is -0.454 e. The molecule has 4 rings (SSSR count). The minimum absolute atomic E-state index is 0.0505. The molecule has 0 saturated heterocycles. The van der Waals surface area contributed by atoms with Crippen LogP contribution in [0, 0.1) is 17.0 Å². The predicted octanol–water partition coefficient (Wildman–Crippen LogP) is 1.93. The van der Waals surface area contributed by atoms with E-state index in [1.54, 1.807) is 25.1 Å². The fourth-order valence-corrected chi connectivity index (χ4v) is 2.37. The van der Waals surface area contributed by atoms with Gasteiger partial charge in [0.15, 0.2) is 11.5 Å². The van der Waals surface area contributed by atoms with Gasteiger partial charge < -0.3 is 13.9 Å². The summed E-state index contributed by atoms with van der Waals surface area (Å²) in [7, 11) is 0. The summed E-state index contributed by atoms with van der Waals surface area (Å²) in [6.07, 6.45) is 1.33. The summed E-state index contributed by atoms with van der Waals surface area (Å²) >= 11 is 0. The summed E-state index contributed by atoms with van der Waals surface area (Å²) in [6, 6.07) is 5.30. The number of hydrogen-bond donors (Lipinski definition) is 0. The summed E-state index contributed by atoms with van der Waals surface area (Å²) in [5.74, 6) is 1.89. The molecule has 0 radical (unpaired) electrons. The normalized spacial score (nSPS) is 12.5. The summed E-state index contributed by atoms with van der Waals surface area (Å²) < 4.78 is 17.5. The molecule has 0 bridgehead atoms. The van der Waals surface area contributed by atoms with Gasteiger partial charge in [0.05, 0.1) is 4.92 Å². The van der Waals surface area contributed by atoms with Crippen LogP contribution in [0.4, 0.5) is 5.69 Å². The van der Waals surface area contributed by atoms with Crippen molar-refractivity contribution in [3.63, 3.8) is 0 Å². The minimum atomic E-state index is -0.481. The molecule has 3 heterocycles. The first-order valence-corrected chi connectivity index (χ1v) is 7.01. The Hall–Kier alpha value is -3.43. The number of nitrogens with zero attached hydrogens (tertiary/aromatic N) is 5. The van der Waals surface area contributed by atoms with Crippen LogP contribution >= 0.6 is 0 Å². The molecule has 0 aliphatic carbocycles. The molecule has 3 aromatic rings. The zero-order valence-electron chi connectivity index (χ0n) is 12.5. The summed E-state index contributed by atoms with van der Waals surface area (Å²) in [5, 5.41) is 22.8. The number of ether oxygens (including phenoxy) is 2. The molecule has 10 heteroatoms. The highest BCUT2D eigenvalue weighted by atomic mass is 16.7. The SMILES string of the molecule is Cc1nn(Cc2nnc(-c3ccc4c(c3)OCO4)o2)cc1[N+](=O)[O-]. The molecule has 24 heavy (non-hydrogen) atoms. The van der Waals surface area contributed by atoms with E-state index in [9.17, 15) is 10.1 Å². The number of aromatic nitrogens is 4. The number of aryl methyl sites for hydroxylation is 1. The van der Waals surface area contributed by atoms with Gasteiger partial charge in [-0.25, -0.2) is 0 Å². The Morgan fingerprint density at radius 3 is 2.92 bits per heavy atom. The summed E-state index contributed by atoms with van der Waals surface area (Å²) in [5.41, 5.74) is 0.974. The van der Waals surface area contributed by atoms with Gasteiger partial charge in [-0.3, -0.25) is 14.8 Å². The highest BCUT2D eigenvalue weighted by Crippen LogP contribution is 2.35. The van der Waals surface area contributed by atoms with Crippen LogP contribution < -0.4 is 9.47 Å². The lowest BCUT2D eigenvalue weighted by molar-refractivity contribution is -0.385. The standard InChI is InChI=1S/C14H11N5O5/c1-8-10(19(20)21)5-18(17-8)6-13-15-16-14(24-13)9-2-3-11-12(4-9)23-7-22-11/h2-5H,6-7H2,1H3. The van der Waals surface area contributed by atoms with Crippen molar-refractivity contribution in [1.82, 2.24) is 20.0 Å². The molecule has 10 nitrogen and oxygen atoms in total. The van der Waals surface area contributed by atoms with E-state index in [-0.39, 0.29) is 19.0 Å². The van der Waals surface area contributed by atoms with Crippen molar-refractivity contribution >= 4 is 5.69 Å². The average Bonchev–Trinajstić information content (AvgIpc) is 3.26. The Morgan fingerprint density at radius 1 is 1.29 bits per heavy atom. The lowest BCUT2D eigenvalue weighted by Crippen LogP contribution is -2.00. The van der Waals surface area contributed by atoms with Crippen LogP contribution in [0.3, 0.4) is 0 Å². The molecule has 0 fully saturated rings. The summed E-state index contributed by atoms with van der Waals surface area (Å²) in [6.45, 7) is 1.90. The van der Waals surface area contributed by atoms with E-state index in [1.807, 2.05) is 0 Å². The first-order chi connectivity index (χ1) is 11.6. The zero-order chi connectivity index (χ0) is 16.7. The van der Waals surface area contributed by atoms with Gasteiger partial charge in [0, 0.05) is 5.56 Å². The molecule has 0 unspecified atom stereocenters. The van der Waals surface area contributed by atoms with Gasteiger partial charge in [-0.15, -0.1) is 10.2 Å². The van der Waals surface area contributed by atoms with Crippen LogP contribution in [-0.2, 0) is 6.54 Å². The molecule has 0 amide bonds. The third-order valence-electron chi connectivity index (χ3n) is 3.50. The highest BCUT2D eigenvalue weighted by Gasteiger charge is 2.19. The second-order valence-corrected chi connectivity index (χ2v) is 5.12. The third kappa shape index (κ3) is 2.43. The molecular formula is C14H11N5O5. The molecule has 0 spiro atoms. The number of fused-ring (bicyclic) bond motifs is 1. The van der Waals surface area contributed by atoms with Crippen molar-refractivity contribution in [1.29, 1.82) is 0 Å². The van der Waals surface area contributed by atoms with E-state index >= 15 is 0 Å². The second kappa shape index (κ2) is 5.33. The van der Waals surface area contributed by atoms with Crippen molar-refractivity contribution in [2.24, 2.45) is 0 Å². The Morgan fingerprint density at radius 2 is 2.12 bits per heavy atom. The Labute approximate surface area is 134 Å². The molecular weight excluding hydrogens is 318 g/mol. The average molecular weight is 329 g/mol. The Bertz CT molecular complexity index is 932. The third-order valence-corrected chi connectivity index (χ3v) is 3.50. The molecule has 1 aliphatic heterocycles. The highest BCUT2D eigenvalue weighted by molar-refractivity contribution is 5.60. The molecule has 0 atom stereocenters. The fourth-order valence-electron chi connectivity index (χ4n) is 2.37. The van der Waals surface area contributed by atoms with E-state index < -0.39 is 4.92 Å². The van der Waals surface area contributed by atoms with Gasteiger partial charge in [0.1, 0.15) is 18.4 Å². The lowest BCUT2D eigenvalue weighted by Gasteiger charge is -1.98. The van der Waals surface area contributed by atoms with Gasteiger partial charge in [-0.2, -0.15) is 5.10 Å². The molecule has 122 valence electrons. The van der Waals surface area contributed by atoms with E-state index in [1.165, 1.54) is 10.9 Å². The van der Waals surface area contributed by atoms with Crippen molar-refractivity contribution < 1.29 is 18.8 Å². The molecule has 0 saturated carbocycles. The van der Waals surface area contributed by atoms with Crippen molar-refractivity contribution in [3.8, 4) is 23.0 Å².